The maximum absolute atomic E-state index is 6.35. The first kappa shape index (κ1) is 10.8. The fourth-order valence-corrected chi connectivity index (χ4v) is 2.18. The minimum atomic E-state index is -0.323. The third kappa shape index (κ3) is 1.97. The van der Waals surface area contributed by atoms with Crippen molar-refractivity contribution in [2.45, 2.75) is 25.3 Å². The van der Waals surface area contributed by atoms with Crippen LogP contribution in [0.4, 0.5) is 0 Å². The molecule has 1 fully saturated rings. The van der Waals surface area contributed by atoms with Crippen LogP contribution in [0, 0.1) is 5.92 Å². The monoisotopic (exact) mass is 225 g/mol. The Bertz CT molecular complexity index is 372. The second-order valence-corrected chi connectivity index (χ2v) is 4.84. The van der Waals surface area contributed by atoms with Crippen LogP contribution in [0.5, 0.6) is 5.75 Å². The van der Waals surface area contributed by atoms with Crippen molar-refractivity contribution in [3.8, 4) is 5.75 Å². The van der Waals surface area contributed by atoms with Crippen molar-refractivity contribution in [3.63, 3.8) is 0 Å². The molecule has 0 radical (unpaired) electrons. The van der Waals surface area contributed by atoms with E-state index in [0.717, 1.165) is 11.3 Å². The summed E-state index contributed by atoms with van der Waals surface area (Å²) in [6.07, 6.45) is 2.39. The fourth-order valence-electron chi connectivity index (χ4n) is 2.00. The van der Waals surface area contributed by atoms with Gasteiger partial charge in [-0.3, -0.25) is 0 Å². The smallest absolute Gasteiger partial charge is 0.124 e. The molecular formula is C12H16ClNO. The van der Waals surface area contributed by atoms with Gasteiger partial charge in [0.25, 0.3) is 0 Å². The summed E-state index contributed by atoms with van der Waals surface area (Å²) in [6.45, 7) is 2.05. The van der Waals surface area contributed by atoms with Crippen molar-refractivity contribution in [1.29, 1.82) is 0 Å². The summed E-state index contributed by atoms with van der Waals surface area (Å²) < 4.78 is 5.33. The number of benzene rings is 1. The highest BCUT2D eigenvalue weighted by atomic mass is 35.5. The van der Waals surface area contributed by atoms with E-state index in [9.17, 15) is 0 Å². The van der Waals surface area contributed by atoms with Crippen LogP contribution in [0.15, 0.2) is 18.2 Å². The van der Waals surface area contributed by atoms with Gasteiger partial charge in [-0.05, 0) is 43.9 Å². The Kier molecular flexibility index (Phi) is 2.65. The summed E-state index contributed by atoms with van der Waals surface area (Å²) in [6, 6.07) is 5.62. The number of rotatable bonds is 3. The summed E-state index contributed by atoms with van der Waals surface area (Å²) in [7, 11) is 1.66. The van der Waals surface area contributed by atoms with Gasteiger partial charge in [0.2, 0.25) is 0 Å². The molecule has 82 valence electrons. The lowest BCUT2D eigenvalue weighted by Gasteiger charge is -2.27. The van der Waals surface area contributed by atoms with Crippen LogP contribution in [0.3, 0.4) is 0 Å². The number of ether oxygens (including phenoxy) is 1. The van der Waals surface area contributed by atoms with Crippen LogP contribution in [-0.2, 0) is 5.54 Å². The number of hydrogen-bond acceptors (Lipinski definition) is 2. The lowest BCUT2D eigenvalue weighted by Crippen LogP contribution is -2.35. The third-order valence-electron chi connectivity index (χ3n) is 3.17. The van der Waals surface area contributed by atoms with Gasteiger partial charge in [-0.25, -0.2) is 0 Å². The van der Waals surface area contributed by atoms with Crippen LogP contribution in [0.2, 0.25) is 5.02 Å². The van der Waals surface area contributed by atoms with Gasteiger partial charge in [0, 0.05) is 16.1 Å². The van der Waals surface area contributed by atoms with Gasteiger partial charge in [0.05, 0.1) is 7.11 Å². The quantitative estimate of drug-likeness (QED) is 0.859. The van der Waals surface area contributed by atoms with E-state index in [1.165, 1.54) is 12.8 Å². The Morgan fingerprint density at radius 2 is 2.13 bits per heavy atom. The maximum atomic E-state index is 6.35. The van der Waals surface area contributed by atoms with Crippen LogP contribution in [-0.4, -0.2) is 7.11 Å². The number of nitrogens with two attached hydrogens (primary N) is 1. The molecule has 15 heavy (non-hydrogen) atoms. The lowest BCUT2D eigenvalue weighted by atomic mass is 9.87. The van der Waals surface area contributed by atoms with Gasteiger partial charge < -0.3 is 10.5 Å². The molecule has 2 nitrogen and oxygen atoms in total. The first-order chi connectivity index (χ1) is 7.05. The Balaban J connectivity index is 2.44. The average molecular weight is 226 g/mol. The highest BCUT2D eigenvalue weighted by Crippen LogP contribution is 2.46. The van der Waals surface area contributed by atoms with Gasteiger partial charge in [-0.2, -0.15) is 0 Å². The topological polar surface area (TPSA) is 35.2 Å². The standard InChI is InChI=1S/C12H16ClNO/c1-12(14,8-3-4-8)10-7-9(13)5-6-11(10)15-2/h5-8H,3-4,14H2,1-2H3. The molecule has 1 aliphatic carbocycles. The second kappa shape index (κ2) is 3.69. The second-order valence-electron chi connectivity index (χ2n) is 4.40. The molecule has 0 aliphatic heterocycles. The molecule has 0 bridgehead atoms. The molecule has 0 amide bonds. The predicted octanol–water partition coefficient (Wildman–Crippen LogP) is 2.93. The first-order valence-corrected chi connectivity index (χ1v) is 5.56. The van der Waals surface area contributed by atoms with E-state index in [2.05, 4.69) is 6.92 Å². The van der Waals surface area contributed by atoms with E-state index in [4.69, 9.17) is 22.1 Å². The fraction of sp³-hybridized carbons (Fsp3) is 0.500. The van der Waals surface area contributed by atoms with Crippen molar-refractivity contribution in [2.24, 2.45) is 11.7 Å². The van der Waals surface area contributed by atoms with Crippen molar-refractivity contribution in [3.05, 3.63) is 28.8 Å². The Morgan fingerprint density at radius 3 is 2.67 bits per heavy atom. The zero-order valence-electron chi connectivity index (χ0n) is 9.09. The SMILES string of the molecule is COc1ccc(Cl)cc1C(C)(N)C1CC1. The molecule has 0 heterocycles. The molecule has 1 saturated carbocycles. The van der Waals surface area contributed by atoms with Gasteiger partial charge in [0.1, 0.15) is 5.75 Å². The summed E-state index contributed by atoms with van der Waals surface area (Å²) in [5.74, 6) is 1.39. The molecule has 2 rings (SSSR count). The molecule has 0 aromatic heterocycles. The highest BCUT2D eigenvalue weighted by molar-refractivity contribution is 6.30. The van der Waals surface area contributed by atoms with Crippen molar-refractivity contribution in [1.82, 2.24) is 0 Å². The van der Waals surface area contributed by atoms with Crippen LogP contribution in [0.1, 0.15) is 25.3 Å². The van der Waals surface area contributed by atoms with Crippen molar-refractivity contribution < 1.29 is 4.74 Å². The molecule has 0 spiro atoms. The van der Waals surface area contributed by atoms with E-state index in [0.29, 0.717) is 10.9 Å². The summed E-state index contributed by atoms with van der Waals surface area (Å²) in [4.78, 5) is 0. The third-order valence-corrected chi connectivity index (χ3v) is 3.40. The van der Waals surface area contributed by atoms with Crippen LogP contribution < -0.4 is 10.5 Å². The predicted molar refractivity (Wildman–Crippen MR) is 62.3 cm³/mol. The van der Waals surface area contributed by atoms with E-state index in [-0.39, 0.29) is 5.54 Å². The zero-order valence-corrected chi connectivity index (χ0v) is 9.84. The molecule has 1 atom stereocenters. The van der Waals surface area contributed by atoms with Crippen molar-refractivity contribution in [2.75, 3.05) is 7.11 Å². The van der Waals surface area contributed by atoms with E-state index in [1.54, 1.807) is 7.11 Å². The minimum Gasteiger partial charge on any atom is -0.496 e. The zero-order chi connectivity index (χ0) is 11.1. The summed E-state index contributed by atoms with van der Waals surface area (Å²) in [5, 5.41) is 0.711. The van der Waals surface area contributed by atoms with Gasteiger partial charge in [-0.1, -0.05) is 11.6 Å². The molecular weight excluding hydrogens is 210 g/mol. The minimum absolute atomic E-state index is 0.323. The Morgan fingerprint density at radius 1 is 1.47 bits per heavy atom. The Hall–Kier alpha value is -0.730. The number of hydrogen-bond donors (Lipinski definition) is 1. The average Bonchev–Trinajstić information content (AvgIpc) is 3.01. The lowest BCUT2D eigenvalue weighted by molar-refractivity contribution is 0.368. The first-order valence-electron chi connectivity index (χ1n) is 5.18. The molecule has 0 saturated heterocycles. The van der Waals surface area contributed by atoms with Crippen LogP contribution >= 0.6 is 11.6 Å². The van der Waals surface area contributed by atoms with Gasteiger partial charge >= 0.3 is 0 Å². The molecule has 1 aromatic carbocycles. The van der Waals surface area contributed by atoms with Crippen LogP contribution in [0.25, 0.3) is 0 Å². The molecule has 2 N–H and O–H groups in total. The number of halogens is 1. The van der Waals surface area contributed by atoms with Gasteiger partial charge in [-0.15, -0.1) is 0 Å². The van der Waals surface area contributed by atoms with Gasteiger partial charge in [0.15, 0.2) is 0 Å². The molecule has 1 aromatic rings. The maximum Gasteiger partial charge on any atom is 0.124 e. The van der Waals surface area contributed by atoms with E-state index < -0.39 is 0 Å². The normalized spacial score (nSPS) is 19.7. The molecule has 1 unspecified atom stereocenters. The summed E-state index contributed by atoms with van der Waals surface area (Å²) in [5.41, 5.74) is 7.04. The van der Waals surface area contributed by atoms with E-state index in [1.807, 2.05) is 18.2 Å². The molecule has 1 aliphatic rings. The Labute approximate surface area is 95.4 Å². The van der Waals surface area contributed by atoms with E-state index >= 15 is 0 Å². The highest BCUT2D eigenvalue weighted by Gasteiger charge is 2.41. The summed E-state index contributed by atoms with van der Waals surface area (Å²) >= 11 is 5.99. The van der Waals surface area contributed by atoms with Crippen molar-refractivity contribution >= 4 is 11.6 Å². The largest absolute Gasteiger partial charge is 0.496 e. The number of methoxy groups -OCH3 is 1. The molecule has 3 heteroatoms.